The van der Waals surface area contributed by atoms with Crippen molar-refractivity contribution >= 4 is 23.4 Å². The second-order valence-corrected chi connectivity index (χ2v) is 8.07. The first kappa shape index (κ1) is 18.8. The molecule has 0 fully saturated rings. The Morgan fingerprint density at radius 1 is 1.21 bits per heavy atom. The van der Waals surface area contributed by atoms with Crippen molar-refractivity contribution in [2.24, 2.45) is 0 Å². The van der Waals surface area contributed by atoms with Crippen molar-refractivity contribution in [2.75, 3.05) is 18.2 Å². The zero-order chi connectivity index (χ0) is 19.7. The zero-order valence-corrected chi connectivity index (χ0v) is 16.8. The number of aromatic amines is 1. The Morgan fingerprint density at radius 3 is 2.71 bits per heavy atom. The summed E-state index contributed by atoms with van der Waals surface area (Å²) in [6.07, 6.45) is 3.12. The molecule has 0 amide bonds. The van der Waals surface area contributed by atoms with Crippen molar-refractivity contribution in [3.8, 4) is 5.75 Å². The molecule has 4 rings (SSSR count). The van der Waals surface area contributed by atoms with E-state index in [0.717, 1.165) is 42.0 Å². The average molecular weight is 398 g/mol. The second kappa shape index (κ2) is 7.83. The van der Waals surface area contributed by atoms with Crippen LogP contribution in [0.25, 0.3) is 0 Å². The number of thioether (sulfide) groups is 1. The number of H-pyrrole nitrogens is 1. The maximum atomic E-state index is 13.0. The van der Waals surface area contributed by atoms with Gasteiger partial charge in [-0.25, -0.2) is 4.98 Å². The SMILES string of the molecule is CCCSc1nc2c(c(=O)[nH]1)[C@@H](c1ccc(OC)cc1)C1=C(CCCC1=O)N2. The third-order valence-electron chi connectivity index (χ3n) is 5.13. The lowest BCUT2D eigenvalue weighted by Gasteiger charge is -2.32. The Labute approximate surface area is 167 Å². The normalized spacial score (nSPS) is 18.4. The molecule has 0 spiro atoms. The summed E-state index contributed by atoms with van der Waals surface area (Å²) in [7, 11) is 1.62. The summed E-state index contributed by atoms with van der Waals surface area (Å²) in [5.41, 5.74) is 2.81. The molecule has 6 nitrogen and oxygen atoms in total. The highest BCUT2D eigenvalue weighted by Crippen LogP contribution is 2.43. The standard InChI is InChI=1S/C21H23N3O3S/c1-3-11-28-21-23-19-18(20(26)24-21)16(12-7-9-13(27-2)10-8-12)17-14(22-19)5-4-6-15(17)25/h7-10,16H,3-6,11H2,1-2H3,(H2,22,23,24,26)/t16-/m0/s1. The number of nitrogens with one attached hydrogen (secondary N) is 2. The van der Waals surface area contributed by atoms with E-state index in [0.29, 0.717) is 28.5 Å². The molecular weight excluding hydrogens is 374 g/mol. The van der Waals surface area contributed by atoms with Crippen LogP contribution in [0.2, 0.25) is 0 Å². The number of hydrogen-bond donors (Lipinski definition) is 2. The van der Waals surface area contributed by atoms with Gasteiger partial charge in [0.15, 0.2) is 10.9 Å². The first-order valence-electron chi connectivity index (χ1n) is 9.56. The highest BCUT2D eigenvalue weighted by Gasteiger charge is 2.37. The number of ether oxygens (including phenoxy) is 1. The number of rotatable bonds is 5. The summed E-state index contributed by atoms with van der Waals surface area (Å²) in [5, 5.41) is 3.91. The lowest BCUT2D eigenvalue weighted by Crippen LogP contribution is -2.32. The molecule has 0 radical (unpaired) electrons. The van der Waals surface area contributed by atoms with Crippen LogP contribution in [0, 0.1) is 0 Å². The van der Waals surface area contributed by atoms with Crippen LogP contribution >= 0.6 is 11.8 Å². The van der Waals surface area contributed by atoms with Crippen molar-refractivity contribution in [2.45, 2.75) is 43.7 Å². The van der Waals surface area contributed by atoms with E-state index in [-0.39, 0.29) is 11.3 Å². The summed E-state index contributed by atoms with van der Waals surface area (Å²) in [6, 6.07) is 7.56. The number of benzene rings is 1. The lowest BCUT2D eigenvalue weighted by molar-refractivity contribution is -0.116. The van der Waals surface area contributed by atoms with E-state index in [4.69, 9.17) is 4.74 Å². The molecule has 0 bridgehead atoms. The van der Waals surface area contributed by atoms with Crippen LogP contribution < -0.4 is 15.6 Å². The third-order valence-corrected chi connectivity index (χ3v) is 6.21. The van der Waals surface area contributed by atoms with Gasteiger partial charge in [-0.3, -0.25) is 9.59 Å². The molecule has 1 aliphatic carbocycles. The molecular formula is C21H23N3O3S. The van der Waals surface area contributed by atoms with E-state index < -0.39 is 5.92 Å². The molecule has 1 aliphatic heterocycles. The second-order valence-electron chi connectivity index (χ2n) is 6.98. The van der Waals surface area contributed by atoms with Gasteiger partial charge in [0.1, 0.15) is 11.6 Å². The van der Waals surface area contributed by atoms with E-state index in [1.165, 1.54) is 11.8 Å². The predicted molar refractivity (Wildman–Crippen MR) is 110 cm³/mol. The van der Waals surface area contributed by atoms with Crippen molar-refractivity contribution in [3.05, 3.63) is 57.0 Å². The molecule has 1 atom stereocenters. The molecule has 1 aromatic carbocycles. The summed E-state index contributed by atoms with van der Waals surface area (Å²) in [5.74, 6) is 1.88. The van der Waals surface area contributed by atoms with Crippen LogP contribution in [-0.4, -0.2) is 28.6 Å². The topological polar surface area (TPSA) is 84.1 Å². The van der Waals surface area contributed by atoms with Gasteiger partial charge in [-0.15, -0.1) is 0 Å². The van der Waals surface area contributed by atoms with E-state index in [9.17, 15) is 9.59 Å². The van der Waals surface area contributed by atoms with E-state index in [2.05, 4.69) is 22.2 Å². The lowest BCUT2D eigenvalue weighted by atomic mass is 9.76. The number of fused-ring (bicyclic) bond motifs is 1. The van der Waals surface area contributed by atoms with Gasteiger partial charge in [-0.05, 0) is 37.0 Å². The Morgan fingerprint density at radius 2 is 2.00 bits per heavy atom. The molecule has 0 saturated heterocycles. The monoisotopic (exact) mass is 397 g/mol. The van der Waals surface area contributed by atoms with Crippen molar-refractivity contribution in [3.63, 3.8) is 0 Å². The van der Waals surface area contributed by atoms with Gasteiger partial charge in [0.2, 0.25) is 0 Å². The zero-order valence-electron chi connectivity index (χ0n) is 16.0. The minimum atomic E-state index is -0.411. The van der Waals surface area contributed by atoms with Crippen molar-refractivity contribution < 1.29 is 9.53 Å². The fourth-order valence-electron chi connectivity index (χ4n) is 3.84. The smallest absolute Gasteiger partial charge is 0.257 e. The Bertz CT molecular complexity index is 995. The Balaban J connectivity index is 1.87. The first-order chi connectivity index (χ1) is 13.6. The number of carbonyl (C=O) groups excluding carboxylic acids is 1. The Hall–Kier alpha value is -2.54. The quantitative estimate of drug-likeness (QED) is 0.589. The van der Waals surface area contributed by atoms with Crippen molar-refractivity contribution in [1.82, 2.24) is 9.97 Å². The minimum absolute atomic E-state index is 0.101. The molecule has 7 heteroatoms. The van der Waals surface area contributed by atoms with E-state index in [1.807, 2.05) is 24.3 Å². The van der Waals surface area contributed by atoms with Crippen LogP contribution in [-0.2, 0) is 4.79 Å². The number of ketones is 1. The molecule has 1 aromatic heterocycles. The van der Waals surface area contributed by atoms with E-state index in [1.54, 1.807) is 7.11 Å². The minimum Gasteiger partial charge on any atom is -0.497 e. The van der Waals surface area contributed by atoms with Crippen LogP contribution in [0.4, 0.5) is 5.82 Å². The van der Waals surface area contributed by atoms with Gasteiger partial charge in [-0.1, -0.05) is 30.8 Å². The number of carbonyl (C=O) groups is 1. The fraction of sp³-hybridized carbons (Fsp3) is 0.381. The number of Topliss-reactive ketones (excluding diaryl/α,β-unsaturated/α-hetero) is 1. The van der Waals surface area contributed by atoms with Crippen molar-refractivity contribution in [1.29, 1.82) is 0 Å². The van der Waals surface area contributed by atoms with Gasteiger partial charge in [0, 0.05) is 29.4 Å². The maximum Gasteiger partial charge on any atom is 0.257 e. The van der Waals surface area contributed by atoms with Gasteiger partial charge in [0.25, 0.3) is 5.56 Å². The number of methoxy groups -OCH3 is 1. The summed E-state index contributed by atoms with van der Waals surface area (Å²) < 4.78 is 5.26. The predicted octanol–water partition coefficient (Wildman–Crippen LogP) is 3.85. The molecule has 146 valence electrons. The summed E-state index contributed by atoms with van der Waals surface area (Å²) >= 11 is 1.53. The molecule has 2 aliphatic rings. The highest BCUT2D eigenvalue weighted by atomic mass is 32.2. The van der Waals surface area contributed by atoms with Gasteiger partial charge in [-0.2, -0.15) is 0 Å². The van der Waals surface area contributed by atoms with Gasteiger partial charge >= 0.3 is 0 Å². The summed E-state index contributed by atoms with van der Waals surface area (Å²) in [6.45, 7) is 2.09. The number of nitrogens with zero attached hydrogens (tertiary/aromatic N) is 1. The van der Waals surface area contributed by atoms with Crippen LogP contribution in [0.1, 0.15) is 49.7 Å². The number of anilines is 1. The molecule has 0 saturated carbocycles. The number of allylic oxidation sites excluding steroid dienone is 2. The van der Waals surface area contributed by atoms with Crippen LogP contribution in [0.3, 0.4) is 0 Å². The van der Waals surface area contributed by atoms with Crippen LogP contribution in [0.5, 0.6) is 5.75 Å². The number of hydrogen-bond acceptors (Lipinski definition) is 6. The molecule has 2 aromatic rings. The van der Waals surface area contributed by atoms with Gasteiger partial charge < -0.3 is 15.0 Å². The van der Waals surface area contributed by atoms with Crippen LogP contribution in [0.15, 0.2) is 45.5 Å². The largest absolute Gasteiger partial charge is 0.497 e. The maximum absolute atomic E-state index is 13.0. The number of aromatic nitrogens is 2. The molecule has 0 unspecified atom stereocenters. The summed E-state index contributed by atoms with van der Waals surface area (Å²) in [4.78, 5) is 33.4. The third kappa shape index (κ3) is 3.35. The highest BCUT2D eigenvalue weighted by molar-refractivity contribution is 7.99. The molecule has 2 N–H and O–H groups in total. The first-order valence-corrected chi connectivity index (χ1v) is 10.5. The molecule has 2 heterocycles. The van der Waals surface area contributed by atoms with E-state index >= 15 is 0 Å². The molecule has 28 heavy (non-hydrogen) atoms. The Kier molecular flexibility index (Phi) is 5.26. The average Bonchev–Trinajstić information content (AvgIpc) is 2.71. The fourth-order valence-corrected chi connectivity index (χ4v) is 4.56. The van der Waals surface area contributed by atoms with Gasteiger partial charge in [0.05, 0.1) is 12.7 Å².